The van der Waals surface area contributed by atoms with E-state index in [1.54, 1.807) is 0 Å². The standard InChI is InChI=1S/C45H33N2Si/c1-2-15-40(33-19-20-41-42-16-3-4-17-44(42)48-23-6-5-18-45(48)43(41)28-33)39(14-1)32-11-7-10-31(24-32)36-25-37(34-12-8-21-46-29-34)27-38(26-36)35-13-9-22-47-30-35/h1-25,27-30,38,45H,26H2. The molecule has 2 unspecified atom stereocenters. The quantitative estimate of drug-likeness (QED) is 0.177. The lowest BCUT2D eigenvalue weighted by molar-refractivity contribution is 0.863. The molecular formula is C45H33N2Si. The fourth-order valence-corrected chi connectivity index (χ4v) is 10.4. The van der Waals surface area contributed by atoms with Gasteiger partial charge in [-0.15, -0.1) is 0 Å². The summed E-state index contributed by atoms with van der Waals surface area (Å²) in [5.41, 5.74) is 18.3. The molecule has 0 saturated carbocycles. The maximum Gasteiger partial charge on any atom is 0.125 e. The second kappa shape index (κ2) is 12.2. The van der Waals surface area contributed by atoms with Crippen molar-refractivity contribution in [2.24, 2.45) is 0 Å². The number of allylic oxidation sites excluding steroid dienone is 7. The first kappa shape index (κ1) is 28.6. The molecule has 9 rings (SSSR count). The molecule has 0 bridgehead atoms. The Balaban J connectivity index is 1.12. The Bertz CT molecular complexity index is 2280. The SMILES string of the molecule is C1=CC2c3cc(-c4ccccc4-c4cccc(C5=CC(c6cccnc6)=CC(c6cccnc6)C5)c4)ccc3-c3ccccc3[Si]2C=C1. The molecule has 0 N–H and O–H groups in total. The first-order valence-electron chi connectivity index (χ1n) is 16.7. The molecule has 0 fully saturated rings. The third-order valence-electron chi connectivity index (χ3n) is 9.98. The van der Waals surface area contributed by atoms with Gasteiger partial charge in [0.15, 0.2) is 0 Å². The zero-order valence-corrected chi connectivity index (χ0v) is 27.5. The van der Waals surface area contributed by atoms with Crippen molar-refractivity contribution in [1.29, 1.82) is 0 Å². The van der Waals surface area contributed by atoms with E-state index in [4.69, 9.17) is 0 Å². The first-order valence-corrected chi connectivity index (χ1v) is 18.3. The average molecular weight is 630 g/mol. The Morgan fingerprint density at radius 3 is 2.15 bits per heavy atom. The van der Waals surface area contributed by atoms with Crippen molar-refractivity contribution >= 4 is 25.1 Å². The number of aromatic nitrogens is 2. The Labute approximate surface area is 283 Å². The van der Waals surface area contributed by atoms with Crippen LogP contribution in [0.4, 0.5) is 0 Å². The van der Waals surface area contributed by atoms with Gasteiger partial charge in [0.2, 0.25) is 0 Å². The van der Waals surface area contributed by atoms with Gasteiger partial charge < -0.3 is 0 Å². The highest BCUT2D eigenvalue weighted by Crippen LogP contribution is 2.43. The van der Waals surface area contributed by atoms with E-state index in [2.05, 4.69) is 149 Å². The molecule has 4 aromatic carbocycles. The number of hydrogen-bond acceptors (Lipinski definition) is 2. The number of benzene rings is 4. The summed E-state index contributed by atoms with van der Waals surface area (Å²) in [5, 5.41) is 1.52. The van der Waals surface area contributed by atoms with Crippen LogP contribution in [0.5, 0.6) is 0 Å². The number of nitrogens with zero attached hydrogens (tertiary/aromatic N) is 2. The van der Waals surface area contributed by atoms with Gasteiger partial charge in [-0.1, -0.05) is 133 Å². The average Bonchev–Trinajstić information content (AvgIpc) is 3.18. The molecular weight excluding hydrogens is 597 g/mol. The van der Waals surface area contributed by atoms with Crippen LogP contribution in [0.1, 0.15) is 40.1 Å². The van der Waals surface area contributed by atoms with Gasteiger partial charge in [0.25, 0.3) is 0 Å². The second-order valence-corrected chi connectivity index (χ2v) is 15.2. The molecule has 2 aliphatic heterocycles. The molecule has 6 aromatic rings. The Hall–Kier alpha value is -5.64. The van der Waals surface area contributed by atoms with Crippen LogP contribution in [-0.4, -0.2) is 18.8 Å². The highest BCUT2D eigenvalue weighted by Gasteiger charge is 2.33. The maximum atomic E-state index is 4.44. The first-order chi connectivity index (χ1) is 23.8. The Morgan fingerprint density at radius 1 is 0.583 bits per heavy atom. The summed E-state index contributed by atoms with van der Waals surface area (Å²) in [5.74, 6) is 0.237. The molecule has 0 spiro atoms. The fraction of sp³-hybridized carbons (Fsp3) is 0.0667. The minimum atomic E-state index is -0.871. The number of pyridine rings is 2. The van der Waals surface area contributed by atoms with Crippen LogP contribution in [0.25, 0.3) is 44.5 Å². The molecule has 2 atom stereocenters. The van der Waals surface area contributed by atoms with Gasteiger partial charge in [0.05, 0.1) is 0 Å². The summed E-state index contributed by atoms with van der Waals surface area (Å²) in [6.45, 7) is 0. The molecule has 1 radical (unpaired) electrons. The molecule has 48 heavy (non-hydrogen) atoms. The zero-order chi connectivity index (χ0) is 31.9. The predicted molar refractivity (Wildman–Crippen MR) is 201 cm³/mol. The smallest absolute Gasteiger partial charge is 0.125 e. The van der Waals surface area contributed by atoms with Crippen molar-refractivity contribution < 1.29 is 0 Å². The summed E-state index contributed by atoms with van der Waals surface area (Å²) in [6, 6.07) is 42.5. The van der Waals surface area contributed by atoms with Gasteiger partial charge in [-0.05, 0) is 96.6 Å². The minimum absolute atomic E-state index is 0.237. The summed E-state index contributed by atoms with van der Waals surface area (Å²) in [7, 11) is -0.871. The molecule has 227 valence electrons. The van der Waals surface area contributed by atoms with Crippen LogP contribution in [0.15, 0.2) is 176 Å². The van der Waals surface area contributed by atoms with Crippen LogP contribution < -0.4 is 5.19 Å². The summed E-state index contributed by atoms with van der Waals surface area (Å²) in [4.78, 5) is 8.86. The number of hydrogen-bond donors (Lipinski definition) is 0. The van der Waals surface area contributed by atoms with Crippen molar-refractivity contribution in [3.05, 3.63) is 198 Å². The van der Waals surface area contributed by atoms with Crippen LogP contribution in [0.2, 0.25) is 0 Å². The normalized spacial score (nSPS) is 17.9. The van der Waals surface area contributed by atoms with Crippen molar-refractivity contribution in [2.45, 2.75) is 17.9 Å². The lowest BCUT2D eigenvalue weighted by Crippen LogP contribution is -2.40. The molecule has 0 saturated heterocycles. The third-order valence-corrected chi connectivity index (χ3v) is 12.8. The molecule has 2 nitrogen and oxygen atoms in total. The van der Waals surface area contributed by atoms with Crippen molar-refractivity contribution in [2.75, 3.05) is 0 Å². The van der Waals surface area contributed by atoms with E-state index < -0.39 is 8.80 Å². The summed E-state index contributed by atoms with van der Waals surface area (Å²) < 4.78 is 0. The van der Waals surface area contributed by atoms with Crippen molar-refractivity contribution in [3.8, 4) is 33.4 Å². The zero-order valence-electron chi connectivity index (χ0n) is 26.5. The molecule has 0 amide bonds. The van der Waals surface area contributed by atoms with Crippen LogP contribution >= 0.6 is 0 Å². The maximum absolute atomic E-state index is 4.44. The van der Waals surface area contributed by atoms with Crippen LogP contribution in [0.3, 0.4) is 0 Å². The fourth-order valence-electron chi connectivity index (χ4n) is 7.68. The van der Waals surface area contributed by atoms with E-state index in [1.165, 1.54) is 66.4 Å². The highest BCUT2D eigenvalue weighted by atomic mass is 28.3. The molecule has 4 heterocycles. The lowest BCUT2D eigenvalue weighted by Gasteiger charge is -2.33. The highest BCUT2D eigenvalue weighted by molar-refractivity contribution is 6.81. The monoisotopic (exact) mass is 629 g/mol. The van der Waals surface area contributed by atoms with Gasteiger partial charge in [0.1, 0.15) is 8.80 Å². The molecule has 1 aliphatic carbocycles. The molecule has 2 aromatic heterocycles. The van der Waals surface area contributed by atoms with Gasteiger partial charge in [-0.25, -0.2) is 0 Å². The van der Waals surface area contributed by atoms with E-state index in [-0.39, 0.29) is 5.92 Å². The van der Waals surface area contributed by atoms with E-state index in [0.29, 0.717) is 5.54 Å². The van der Waals surface area contributed by atoms with Gasteiger partial charge in [0, 0.05) is 36.2 Å². The van der Waals surface area contributed by atoms with Crippen LogP contribution in [0, 0.1) is 0 Å². The largest absolute Gasteiger partial charge is 0.264 e. The second-order valence-electron chi connectivity index (χ2n) is 12.8. The van der Waals surface area contributed by atoms with E-state index >= 15 is 0 Å². The van der Waals surface area contributed by atoms with Crippen molar-refractivity contribution in [1.82, 2.24) is 9.97 Å². The topological polar surface area (TPSA) is 25.8 Å². The third kappa shape index (κ3) is 5.13. The van der Waals surface area contributed by atoms with Gasteiger partial charge >= 0.3 is 0 Å². The van der Waals surface area contributed by atoms with Gasteiger partial charge in [-0.3, -0.25) is 9.97 Å². The predicted octanol–water partition coefficient (Wildman–Crippen LogP) is 10.1. The summed E-state index contributed by atoms with van der Waals surface area (Å²) in [6.07, 6.45) is 20.2. The molecule has 3 aliphatic rings. The van der Waals surface area contributed by atoms with Gasteiger partial charge in [-0.2, -0.15) is 0 Å². The van der Waals surface area contributed by atoms with E-state index in [9.17, 15) is 0 Å². The minimum Gasteiger partial charge on any atom is -0.264 e. The van der Waals surface area contributed by atoms with E-state index in [1.807, 2.05) is 36.9 Å². The summed E-state index contributed by atoms with van der Waals surface area (Å²) >= 11 is 0. The molecule has 3 heteroatoms. The Morgan fingerprint density at radius 2 is 1.33 bits per heavy atom. The van der Waals surface area contributed by atoms with E-state index in [0.717, 1.165) is 12.0 Å². The lowest BCUT2D eigenvalue weighted by atomic mass is 9.81. The van der Waals surface area contributed by atoms with Crippen LogP contribution in [-0.2, 0) is 0 Å². The Kier molecular flexibility index (Phi) is 7.25. The van der Waals surface area contributed by atoms with Crippen molar-refractivity contribution in [3.63, 3.8) is 0 Å². The number of rotatable bonds is 5. The number of fused-ring (bicyclic) bond motifs is 6.